The van der Waals surface area contributed by atoms with Crippen LogP contribution in [-0.2, 0) is 51.2 Å². The number of carbonyl (C=O) groups is 1. The molecule has 3 heterocycles. The van der Waals surface area contributed by atoms with E-state index in [0.717, 1.165) is 6.42 Å². The van der Waals surface area contributed by atoms with Gasteiger partial charge in [0.1, 0.15) is 17.8 Å². The molecule has 0 bridgehead atoms. The number of carbonyl (C=O) groups excluding carboxylic acids is 1. The molecule has 3 aliphatic rings. The van der Waals surface area contributed by atoms with Crippen LogP contribution in [0.25, 0.3) is 0 Å². The number of nitrogens with zero attached hydrogens (tertiary/aromatic N) is 1. The van der Waals surface area contributed by atoms with Gasteiger partial charge in [-0.2, -0.15) is 0 Å². The van der Waals surface area contributed by atoms with E-state index in [2.05, 4.69) is 128 Å². The molecule has 0 aromatic carbocycles. The van der Waals surface area contributed by atoms with E-state index in [1.54, 1.807) is 28.1 Å². The zero-order valence-corrected chi connectivity index (χ0v) is 52.1. The first-order chi connectivity index (χ1) is 31.9. The third-order valence-electron chi connectivity index (χ3n) is 16.4. The molecular weight excluding hydrogens is 943 g/mol. The van der Waals surface area contributed by atoms with E-state index in [1.165, 1.54) is 0 Å². The number of aliphatic hydroxyl groups is 2. The lowest BCUT2D eigenvalue weighted by atomic mass is 9.73. The molecule has 17 heteroatoms. The SMILES string of the molecule is CC[C@H]1OC(=O)[C@H](C)[C@@H](O[C@H]2C[C@@](C)(OC)[C@@H](O[Si](C)(C)C)[C@H](C)O2)[C@H](C)[C@@H](O[C@@H]2O[C@H](C)C[C@H](N(C)C)[C@H]2O[Si](C)(C)C)[C@](C)(OC)C[C@@H](C)C(O[Si](C(C)C)(C(C)C)C(C)C)[C@H](C)[C@@H](O)[C@]1(C)O. The summed E-state index contributed by atoms with van der Waals surface area (Å²) in [7, 11) is 0.697. The fourth-order valence-electron chi connectivity index (χ4n) is 12.7. The van der Waals surface area contributed by atoms with Crippen molar-refractivity contribution >= 4 is 30.9 Å². The highest BCUT2D eigenvalue weighted by atomic mass is 28.4. The Morgan fingerprint density at radius 3 is 1.69 bits per heavy atom. The lowest BCUT2D eigenvalue weighted by Crippen LogP contribution is -2.63. The Kier molecular flexibility index (Phi) is 22.6. The summed E-state index contributed by atoms with van der Waals surface area (Å²) in [5, 5.41) is 25.1. The normalized spacial score (nSPS) is 41.6. The summed E-state index contributed by atoms with van der Waals surface area (Å²) in [6.07, 6.45) is -5.92. The number of esters is 1. The maximum Gasteiger partial charge on any atom is 0.311 e. The number of methoxy groups -OCH3 is 2. The van der Waals surface area contributed by atoms with Gasteiger partial charge in [0.2, 0.25) is 8.32 Å². The lowest BCUT2D eigenvalue weighted by Gasteiger charge is -2.53. The van der Waals surface area contributed by atoms with Crippen LogP contribution in [0.5, 0.6) is 0 Å². The second kappa shape index (κ2) is 24.8. The largest absolute Gasteiger partial charge is 0.459 e. The van der Waals surface area contributed by atoms with Gasteiger partial charge >= 0.3 is 5.97 Å². The maximum absolute atomic E-state index is 15.0. The molecule has 0 spiro atoms. The predicted octanol–water partition coefficient (Wildman–Crippen LogP) is 10.1. The van der Waals surface area contributed by atoms with Crippen LogP contribution in [-0.4, -0.2) is 165 Å². The minimum absolute atomic E-state index is 0.0156. The molecule has 3 fully saturated rings. The molecule has 70 heavy (non-hydrogen) atoms. The summed E-state index contributed by atoms with van der Waals surface area (Å²) in [4.78, 5) is 17.2. The summed E-state index contributed by atoms with van der Waals surface area (Å²) in [5.41, 5.74) is -2.99. The van der Waals surface area contributed by atoms with Crippen molar-refractivity contribution in [3.8, 4) is 0 Å². The van der Waals surface area contributed by atoms with E-state index in [4.69, 9.17) is 46.4 Å². The Labute approximate surface area is 430 Å². The van der Waals surface area contributed by atoms with Gasteiger partial charge in [-0.05, 0) is 137 Å². The van der Waals surface area contributed by atoms with Crippen LogP contribution in [0, 0.1) is 23.7 Å². The molecule has 414 valence electrons. The van der Waals surface area contributed by atoms with E-state index in [1.807, 2.05) is 27.7 Å². The molecule has 14 nitrogen and oxygen atoms in total. The first kappa shape index (κ1) is 63.9. The molecule has 3 aliphatic heterocycles. The third kappa shape index (κ3) is 14.8. The number of hydrogen-bond acceptors (Lipinski definition) is 14. The van der Waals surface area contributed by atoms with Crippen LogP contribution in [0.3, 0.4) is 0 Å². The first-order valence-electron chi connectivity index (χ1n) is 26.9. The van der Waals surface area contributed by atoms with Crippen molar-refractivity contribution in [3.63, 3.8) is 0 Å². The van der Waals surface area contributed by atoms with Crippen LogP contribution in [0.15, 0.2) is 0 Å². The van der Waals surface area contributed by atoms with E-state index in [-0.39, 0.29) is 47.2 Å². The number of ether oxygens (including phenoxy) is 7. The van der Waals surface area contributed by atoms with Crippen LogP contribution < -0.4 is 0 Å². The highest BCUT2D eigenvalue weighted by Gasteiger charge is 2.57. The van der Waals surface area contributed by atoms with Gasteiger partial charge in [0.25, 0.3) is 0 Å². The zero-order valence-electron chi connectivity index (χ0n) is 49.1. The predicted molar refractivity (Wildman–Crippen MR) is 286 cm³/mol. The number of cyclic esters (lactones) is 1. The number of rotatable bonds is 17. The van der Waals surface area contributed by atoms with Crippen LogP contribution in [0.1, 0.15) is 136 Å². The Morgan fingerprint density at radius 2 is 1.23 bits per heavy atom. The van der Waals surface area contributed by atoms with Crippen molar-refractivity contribution in [2.45, 2.75) is 283 Å². The second-order valence-electron chi connectivity index (χ2n) is 25.7. The minimum atomic E-state index is -2.62. The molecule has 0 aromatic heterocycles. The Morgan fingerprint density at radius 1 is 0.714 bits per heavy atom. The molecule has 0 amide bonds. The molecule has 2 N–H and O–H groups in total. The van der Waals surface area contributed by atoms with Crippen molar-refractivity contribution in [2.24, 2.45) is 23.7 Å². The third-order valence-corrected chi connectivity index (χ3v) is 24.4. The van der Waals surface area contributed by atoms with Crippen molar-refractivity contribution in [1.82, 2.24) is 4.90 Å². The highest BCUT2D eigenvalue weighted by molar-refractivity contribution is 6.77. The molecular formula is C53H107NO13Si3. The zero-order chi connectivity index (χ0) is 54.0. The van der Waals surface area contributed by atoms with Gasteiger partial charge in [0.15, 0.2) is 29.2 Å². The quantitative estimate of drug-likeness (QED) is 0.105. The Hall–Kier alpha value is -0.359. The van der Waals surface area contributed by atoms with E-state index in [9.17, 15) is 15.0 Å². The van der Waals surface area contributed by atoms with Crippen molar-refractivity contribution < 1.29 is 61.4 Å². The van der Waals surface area contributed by atoms with Gasteiger partial charge in [0.05, 0.1) is 59.8 Å². The standard InChI is InChI=1S/C53H107NO13Si3/c1-27-41-53(16,57)46(55)36(10)43(66-70(31(2)3,32(4)5)33(6)7)34(8)29-51(14,58-19)47(64-50-45(65-68(21,22)23)40(54(17)18)28-35(9)60-50)37(11)44(38(12)49(56)62-41)63-42-30-52(15,59-20)48(39(13)61-42)67-69(24,25)26/h31-48,50,55,57H,27-30H2,1-26H3/t34-,35-,36+,37+,38-,39+,40+,41-,42+,43?,44+,45-,46-,47-,48+,50+,51-,52-,53-/m1/s1. The number of likely N-dealkylation sites (N-methyl/N-ethyl adjacent to an activating group) is 1. The van der Waals surface area contributed by atoms with Crippen molar-refractivity contribution in [3.05, 3.63) is 0 Å². The molecule has 0 radical (unpaired) electrons. The summed E-state index contributed by atoms with van der Waals surface area (Å²) in [5.74, 6) is -2.94. The van der Waals surface area contributed by atoms with Gasteiger partial charge < -0.3 is 61.5 Å². The Balaban J connectivity index is 2.45. The molecule has 0 saturated carbocycles. The smallest absolute Gasteiger partial charge is 0.311 e. The molecule has 19 atom stereocenters. The molecule has 3 rings (SSSR count). The van der Waals surface area contributed by atoms with Gasteiger partial charge in [-0.1, -0.05) is 69.2 Å². The van der Waals surface area contributed by atoms with Gasteiger partial charge in [-0.15, -0.1) is 0 Å². The number of aliphatic hydroxyl groups excluding tert-OH is 1. The summed E-state index contributed by atoms with van der Waals surface area (Å²) in [6, 6.07) is -0.0156. The fourth-order valence-corrected chi connectivity index (χ4v) is 20.7. The fraction of sp³-hybridized carbons (Fsp3) is 0.981. The molecule has 3 saturated heterocycles. The first-order valence-corrected chi connectivity index (χ1v) is 35.9. The summed E-state index contributed by atoms with van der Waals surface area (Å²) in [6.45, 7) is 46.1. The van der Waals surface area contributed by atoms with Gasteiger partial charge in [-0.25, -0.2) is 0 Å². The lowest BCUT2D eigenvalue weighted by molar-refractivity contribution is -0.317. The topological polar surface area (TPSA) is 153 Å². The van der Waals surface area contributed by atoms with Crippen molar-refractivity contribution in [1.29, 1.82) is 0 Å². The summed E-state index contributed by atoms with van der Waals surface area (Å²) < 4.78 is 69.5. The maximum atomic E-state index is 15.0. The van der Waals surface area contributed by atoms with Crippen LogP contribution >= 0.6 is 0 Å². The number of hydrogen-bond donors (Lipinski definition) is 2. The highest BCUT2D eigenvalue weighted by Crippen LogP contribution is 2.48. The molecule has 1 unspecified atom stereocenters. The van der Waals surface area contributed by atoms with E-state index in [0.29, 0.717) is 12.8 Å². The molecule has 0 aromatic rings. The monoisotopic (exact) mass is 1050 g/mol. The van der Waals surface area contributed by atoms with E-state index >= 15 is 0 Å². The van der Waals surface area contributed by atoms with Crippen LogP contribution in [0.2, 0.25) is 55.9 Å². The minimum Gasteiger partial charge on any atom is -0.459 e. The van der Waals surface area contributed by atoms with Gasteiger partial charge in [0, 0.05) is 38.5 Å². The average Bonchev–Trinajstić information content (AvgIpc) is 3.23. The average molecular weight is 1050 g/mol. The van der Waals surface area contributed by atoms with Crippen molar-refractivity contribution in [2.75, 3.05) is 28.3 Å². The summed E-state index contributed by atoms with van der Waals surface area (Å²) >= 11 is 0. The molecule has 0 aliphatic carbocycles. The van der Waals surface area contributed by atoms with Gasteiger partial charge in [-0.3, -0.25) is 4.79 Å². The Bertz CT molecular complexity index is 1600. The van der Waals surface area contributed by atoms with Crippen LogP contribution in [0.4, 0.5) is 0 Å². The van der Waals surface area contributed by atoms with E-state index < -0.39 is 121 Å². The second-order valence-corrected chi connectivity index (χ2v) is 40.0.